The van der Waals surface area contributed by atoms with Crippen LogP contribution in [0.3, 0.4) is 0 Å². The van der Waals surface area contributed by atoms with Crippen molar-refractivity contribution >= 4 is 29.8 Å². The van der Waals surface area contributed by atoms with E-state index in [9.17, 15) is 24.0 Å². The first-order valence-electron chi connectivity index (χ1n) is 11.3. The Labute approximate surface area is 212 Å². The normalized spacial score (nSPS) is 30.7. The van der Waals surface area contributed by atoms with Crippen molar-refractivity contribution in [2.45, 2.75) is 64.7 Å². The summed E-state index contributed by atoms with van der Waals surface area (Å²) < 4.78 is 43.7. The highest BCUT2D eigenvalue weighted by Crippen LogP contribution is 2.37. The molecule has 0 aromatic heterocycles. The van der Waals surface area contributed by atoms with Crippen LogP contribution in [0.1, 0.15) is 27.7 Å². The van der Waals surface area contributed by atoms with E-state index < -0.39 is 79.4 Å². The Kier molecular flexibility index (Phi) is 9.05. The summed E-state index contributed by atoms with van der Waals surface area (Å²) in [5.74, 6) is -4.19. The minimum Gasteiger partial charge on any atom is -0.471 e. The lowest BCUT2D eigenvalue weighted by Gasteiger charge is -2.45. The number of carbonyl (C=O) groups is 5. The molecule has 3 rings (SSSR count). The molecule has 202 valence electrons. The number of rotatable bonds is 8. The predicted octanol–water partition coefficient (Wildman–Crippen LogP) is 0.612. The summed E-state index contributed by atoms with van der Waals surface area (Å²) in [5, 5.41) is 0. The second-order valence-corrected chi connectivity index (χ2v) is 8.26. The molecule has 0 saturated carbocycles. The molecular weight excluding hydrogens is 496 g/mol. The first-order valence-corrected chi connectivity index (χ1v) is 11.3. The lowest BCUT2D eigenvalue weighted by Crippen LogP contribution is -2.63. The predicted molar refractivity (Wildman–Crippen MR) is 119 cm³/mol. The van der Waals surface area contributed by atoms with Gasteiger partial charge >= 0.3 is 29.8 Å². The maximum atomic E-state index is 12.1. The molecule has 0 amide bonds. The summed E-state index contributed by atoms with van der Waals surface area (Å²) in [6.07, 6.45) is -3.58. The highest BCUT2D eigenvalue weighted by atomic mass is 16.8. The van der Waals surface area contributed by atoms with Gasteiger partial charge in [0, 0.05) is 27.7 Å². The number of cyclic esters (lactones) is 1. The van der Waals surface area contributed by atoms with Gasteiger partial charge in [-0.1, -0.05) is 6.08 Å². The number of hydrogen-bond donors (Lipinski definition) is 0. The molecule has 0 radical (unpaired) electrons. The molecule has 1 unspecified atom stereocenters. The van der Waals surface area contributed by atoms with Gasteiger partial charge in [-0.25, -0.2) is 4.79 Å². The van der Waals surface area contributed by atoms with Gasteiger partial charge in [-0.15, -0.1) is 6.58 Å². The summed E-state index contributed by atoms with van der Waals surface area (Å²) in [5.41, 5.74) is 0.741. The van der Waals surface area contributed by atoms with Crippen molar-refractivity contribution in [3.05, 3.63) is 36.1 Å². The maximum Gasteiger partial charge on any atom is 0.341 e. The second-order valence-electron chi connectivity index (χ2n) is 8.26. The fourth-order valence-corrected chi connectivity index (χ4v) is 4.10. The van der Waals surface area contributed by atoms with Crippen LogP contribution in [-0.2, 0) is 61.9 Å². The molecule has 0 aromatic rings. The summed E-state index contributed by atoms with van der Waals surface area (Å²) in [6.45, 7) is 7.93. The Hall–Kier alpha value is -3.71. The van der Waals surface area contributed by atoms with E-state index in [2.05, 4.69) is 6.58 Å². The van der Waals surface area contributed by atoms with Gasteiger partial charge in [0.25, 0.3) is 0 Å². The van der Waals surface area contributed by atoms with Crippen molar-refractivity contribution in [3.63, 3.8) is 0 Å². The van der Waals surface area contributed by atoms with Crippen molar-refractivity contribution in [2.24, 2.45) is 5.92 Å². The Morgan fingerprint density at radius 1 is 0.946 bits per heavy atom. The average Bonchev–Trinajstić information content (AvgIpc) is 2.80. The highest BCUT2D eigenvalue weighted by Gasteiger charge is 2.54. The molecule has 13 heteroatoms. The van der Waals surface area contributed by atoms with Crippen LogP contribution in [0.2, 0.25) is 0 Å². The number of fused-ring (bicyclic) bond motifs is 1. The fourth-order valence-electron chi connectivity index (χ4n) is 4.10. The van der Waals surface area contributed by atoms with Gasteiger partial charge in [0.15, 0.2) is 18.3 Å². The third kappa shape index (κ3) is 6.74. The molecule has 13 nitrogen and oxygen atoms in total. The number of carbonyl (C=O) groups excluding carboxylic acids is 5. The summed E-state index contributed by atoms with van der Waals surface area (Å²) in [4.78, 5) is 59.4. The topological polar surface area (TPSA) is 159 Å². The molecule has 37 heavy (non-hydrogen) atoms. The van der Waals surface area contributed by atoms with Gasteiger partial charge in [0.1, 0.15) is 25.6 Å². The van der Waals surface area contributed by atoms with Crippen LogP contribution in [0.15, 0.2) is 36.1 Å². The number of hydrogen-bond acceptors (Lipinski definition) is 13. The number of ether oxygens (including phenoxy) is 8. The highest BCUT2D eigenvalue weighted by molar-refractivity contribution is 5.94. The SMILES string of the molecule is C=C[C@@H]1C2=CCOC(=O)C2=COC1O[C@@H]1O[C@H](COC(C)=O)[C@@H](OC(C)=O)[C@H](OC(C)=O)[C@H]1OC(C)=O. The van der Waals surface area contributed by atoms with E-state index in [4.69, 9.17) is 37.9 Å². The largest absolute Gasteiger partial charge is 0.471 e. The first-order chi connectivity index (χ1) is 17.5. The van der Waals surface area contributed by atoms with Gasteiger partial charge in [0.05, 0.1) is 11.5 Å². The molecule has 0 spiro atoms. The summed E-state index contributed by atoms with van der Waals surface area (Å²) in [7, 11) is 0. The van der Waals surface area contributed by atoms with Crippen molar-refractivity contribution in [2.75, 3.05) is 13.2 Å². The van der Waals surface area contributed by atoms with Crippen LogP contribution < -0.4 is 0 Å². The maximum absolute atomic E-state index is 12.1. The lowest BCUT2D eigenvalue weighted by atomic mass is 9.89. The Morgan fingerprint density at radius 3 is 2.16 bits per heavy atom. The summed E-state index contributed by atoms with van der Waals surface area (Å²) >= 11 is 0. The Balaban J connectivity index is 1.97. The third-order valence-corrected chi connectivity index (χ3v) is 5.49. The van der Waals surface area contributed by atoms with Gasteiger partial charge in [-0.05, 0) is 11.6 Å². The zero-order valence-corrected chi connectivity index (χ0v) is 20.7. The molecule has 3 aliphatic rings. The zero-order valence-electron chi connectivity index (χ0n) is 20.7. The number of esters is 5. The van der Waals surface area contributed by atoms with Gasteiger partial charge in [-0.2, -0.15) is 0 Å². The molecule has 0 aromatic carbocycles. The first kappa shape index (κ1) is 27.9. The smallest absolute Gasteiger partial charge is 0.341 e. The molecule has 3 heterocycles. The third-order valence-electron chi connectivity index (χ3n) is 5.49. The van der Waals surface area contributed by atoms with E-state index in [1.165, 1.54) is 19.3 Å². The minimum atomic E-state index is -1.46. The second kappa shape index (κ2) is 12.0. The van der Waals surface area contributed by atoms with E-state index in [0.29, 0.717) is 5.57 Å². The van der Waals surface area contributed by atoms with Crippen LogP contribution in [0.4, 0.5) is 0 Å². The molecule has 0 aliphatic carbocycles. The van der Waals surface area contributed by atoms with Crippen LogP contribution in [0.5, 0.6) is 0 Å². The van der Waals surface area contributed by atoms with Crippen LogP contribution in [0, 0.1) is 5.92 Å². The van der Waals surface area contributed by atoms with Crippen molar-refractivity contribution in [1.82, 2.24) is 0 Å². The van der Waals surface area contributed by atoms with Crippen LogP contribution >= 0.6 is 0 Å². The molecule has 7 atom stereocenters. The monoisotopic (exact) mass is 524 g/mol. The quantitative estimate of drug-likeness (QED) is 0.247. The van der Waals surface area contributed by atoms with Crippen LogP contribution in [-0.4, -0.2) is 80.1 Å². The molecule has 0 bridgehead atoms. The molecular formula is C24H28O13. The zero-order chi connectivity index (χ0) is 27.3. The Bertz CT molecular complexity index is 1010. The van der Waals surface area contributed by atoms with Gasteiger partial charge < -0.3 is 37.9 Å². The standard InChI is InChI=1S/C24H28O13/c1-6-15-16-7-8-30-22(29)17(16)9-32-23(15)37-24-21(35-14(5)28)20(34-13(4)27)19(33-12(3)26)18(36-24)10-31-11(2)25/h6-7,9,15,18-21,23-24H,1,8,10H2,2-5H3/t15-,18-,19-,20+,21-,23?,24+/m1/s1. The van der Waals surface area contributed by atoms with Crippen LogP contribution in [0.25, 0.3) is 0 Å². The van der Waals surface area contributed by atoms with E-state index in [1.807, 2.05) is 0 Å². The van der Waals surface area contributed by atoms with E-state index in [-0.39, 0.29) is 12.2 Å². The Morgan fingerprint density at radius 2 is 1.57 bits per heavy atom. The molecule has 1 fully saturated rings. The summed E-state index contributed by atoms with van der Waals surface area (Å²) in [6, 6.07) is 0. The average molecular weight is 524 g/mol. The van der Waals surface area contributed by atoms with Crippen molar-refractivity contribution in [3.8, 4) is 0 Å². The lowest BCUT2D eigenvalue weighted by molar-refractivity contribution is -0.339. The van der Waals surface area contributed by atoms with Crippen molar-refractivity contribution < 1.29 is 61.9 Å². The van der Waals surface area contributed by atoms with Crippen molar-refractivity contribution in [1.29, 1.82) is 0 Å². The molecule has 3 aliphatic heterocycles. The van der Waals surface area contributed by atoms with E-state index in [1.54, 1.807) is 6.08 Å². The minimum absolute atomic E-state index is 0.0433. The van der Waals surface area contributed by atoms with Gasteiger partial charge in [-0.3, -0.25) is 19.2 Å². The van der Waals surface area contributed by atoms with E-state index >= 15 is 0 Å². The molecule has 0 N–H and O–H groups in total. The fraction of sp³-hybridized carbons (Fsp3) is 0.542. The van der Waals surface area contributed by atoms with E-state index in [0.717, 1.165) is 20.8 Å². The molecule has 1 saturated heterocycles. The van der Waals surface area contributed by atoms with Gasteiger partial charge in [0.2, 0.25) is 12.6 Å².